The third kappa shape index (κ3) is 2.34. The van der Waals surface area contributed by atoms with Gasteiger partial charge < -0.3 is 4.52 Å². The van der Waals surface area contributed by atoms with Crippen LogP contribution in [0, 0.1) is 5.82 Å². The number of halogens is 1. The van der Waals surface area contributed by atoms with Gasteiger partial charge in [0.15, 0.2) is 5.82 Å². The van der Waals surface area contributed by atoms with Crippen LogP contribution in [0.3, 0.4) is 0 Å². The Bertz CT molecular complexity index is 975. The second-order valence-electron chi connectivity index (χ2n) is 5.11. The molecule has 1 amide bonds. The van der Waals surface area contributed by atoms with E-state index in [2.05, 4.69) is 15.1 Å². The van der Waals surface area contributed by atoms with Crippen molar-refractivity contribution in [3.05, 3.63) is 60.2 Å². The number of carbonyl (C=O) groups excluding carboxylic acids is 1. The molecule has 1 atom stereocenters. The number of carbonyl (C=O) groups is 1. The van der Waals surface area contributed by atoms with E-state index in [0.717, 1.165) is 10.8 Å². The van der Waals surface area contributed by atoms with Gasteiger partial charge in [-0.05, 0) is 29.0 Å². The van der Waals surface area contributed by atoms with Crippen molar-refractivity contribution in [1.29, 1.82) is 0 Å². The van der Waals surface area contributed by atoms with E-state index in [1.807, 2.05) is 18.2 Å². The lowest BCUT2D eigenvalue weighted by Crippen LogP contribution is -2.12. The highest BCUT2D eigenvalue weighted by molar-refractivity contribution is 5.97. The zero-order chi connectivity index (χ0) is 15.8. The molecule has 23 heavy (non-hydrogen) atoms. The number of hydrogen-bond donors (Lipinski definition) is 0. The second kappa shape index (κ2) is 5.24. The summed E-state index contributed by atoms with van der Waals surface area (Å²) >= 11 is 0. The monoisotopic (exact) mass is 307 g/mol. The molecule has 0 radical (unpaired) electrons. The molecule has 1 unspecified atom stereocenters. The summed E-state index contributed by atoms with van der Waals surface area (Å²) in [5, 5.41) is 5.38. The van der Waals surface area contributed by atoms with Crippen LogP contribution >= 0.6 is 0 Å². The van der Waals surface area contributed by atoms with Crippen molar-refractivity contribution in [2.75, 3.05) is 0 Å². The summed E-state index contributed by atoms with van der Waals surface area (Å²) in [6.45, 7) is 0. The zero-order valence-corrected chi connectivity index (χ0v) is 11.8. The van der Waals surface area contributed by atoms with E-state index in [4.69, 9.17) is 4.52 Å². The molecule has 1 aliphatic heterocycles. The summed E-state index contributed by atoms with van der Waals surface area (Å²) in [7, 11) is 0. The van der Waals surface area contributed by atoms with Crippen LogP contribution < -0.4 is 0 Å². The predicted molar refractivity (Wildman–Crippen MR) is 82.6 cm³/mol. The van der Waals surface area contributed by atoms with Gasteiger partial charge in [0.1, 0.15) is 11.7 Å². The Balaban J connectivity index is 1.82. The van der Waals surface area contributed by atoms with Crippen LogP contribution in [0.15, 0.2) is 58.1 Å². The quantitative estimate of drug-likeness (QED) is 0.728. The van der Waals surface area contributed by atoms with Crippen molar-refractivity contribution in [2.24, 2.45) is 4.99 Å². The number of aromatic nitrogens is 2. The van der Waals surface area contributed by atoms with Gasteiger partial charge in [0.2, 0.25) is 0 Å². The van der Waals surface area contributed by atoms with Gasteiger partial charge in [-0.3, -0.25) is 4.79 Å². The Kier molecular flexibility index (Phi) is 3.08. The van der Waals surface area contributed by atoms with Gasteiger partial charge >= 0.3 is 0 Å². The molecule has 0 aliphatic carbocycles. The molecule has 4 rings (SSSR count). The van der Waals surface area contributed by atoms with E-state index < -0.39 is 11.7 Å². The molecule has 0 fully saturated rings. The number of allylic oxidation sites excluding steroid dienone is 1. The maximum Gasteiger partial charge on any atom is 0.260 e. The van der Waals surface area contributed by atoms with E-state index >= 15 is 0 Å². The average Bonchev–Trinajstić information content (AvgIpc) is 3.04. The number of aliphatic imine (C=N–C) groups is 1. The molecule has 1 aliphatic rings. The molecule has 5 nitrogen and oxygen atoms in total. The van der Waals surface area contributed by atoms with Gasteiger partial charge in [-0.15, -0.1) is 0 Å². The lowest BCUT2D eigenvalue weighted by molar-refractivity contribution is -0.118. The van der Waals surface area contributed by atoms with Crippen molar-refractivity contribution in [1.82, 2.24) is 10.1 Å². The molecule has 0 bridgehead atoms. The molecular weight excluding hydrogens is 297 g/mol. The molecule has 112 valence electrons. The van der Waals surface area contributed by atoms with Gasteiger partial charge in [0.25, 0.3) is 11.8 Å². The van der Waals surface area contributed by atoms with E-state index in [1.165, 1.54) is 18.3 Å². The third-order valence-corrected chi connectivity index (χ3v) is 3.63. The highest BCUT2D eigenvalue weighted by Gasteiger charge is 2.25. The number of rotatable bonds is 2. The maximum absolute atomic E-state index is 13.8. The van der Waals surface area contributed by atoms with Crippen molar-refractivity contribution in [3.8, 4) is 11.5 Å². The molecule has 2 aromatic carbocycles. The van der Waals surface area contributed by atoms with Crippen LogP contribution in [0.4, 0.5) is 4.39 Å². The van der Waals surface area contributed by atoms with Gasteiger partial charge in [-0.25, -0.2) is 9.38 Å². The van der Waals surface area contributed by atoms with Crippen LogP contribution in [-0.2, 0) is 4.79 Å². The maximum atomic E-state index is 13.8. The lowest BCUT2D eigenvalue weighted by atomic mass is 10.0. The Morgan fingerprint density at radius 1 is 1.17 bits per heavy atom. The second-order valence-corrected chi connectivity index (χ2v) is 5.11. The Hall–Kier alpha value is -3.15. The SMILES string of the molecule is O=C1N=CC=CC1c1noc(-c2cc(F)cc3ccccc23)n1. The first-order valence-corrected chi connectivity index (χ1v) is 6.99. The fourth-order valence-electron chi connectivity index (χ4n) is 2.56. The van der Waals surface area contributed by atoms with Gasteiger partial charge in [0.05, 0.1) is 5.56 Å². The van der Waals surface area contributed by atoms with E-state index in [1.54, 1.807) is 18.2 Å². The third-order valence-electron chi connectivity index (χ3n) is 3.63. The van der Waals surface area contributed by atoms with E-state index in [-0.39, 0.29) is 17.6 Å². The Morgan fingerprint density at radius 2 is 2.04 bits per heavy atom. The first-order valence-electron chi connectivity index (χ1n) is 6.99. The Labute approximate surface area is 130 Å². The van der Waals surface area contributed by atoms with Crippen LogP contribution in [0.25, 0.3) is 22.2 Å². The van der Waals surface area contributed by atoms with Crippen molar-refractivity contribution in [2.45, 2.75) is 5.92 Å². The van der Waals surface area contributed by atoms with Gasteiger partial charge in [-0.2, -0.15) is 4.98 Å². The minimum atomic E-state index is -0.669. The summed E-state index contributed by atoms with van der Waals surface area (Å²) in [6.07, 6.45) is 4.72. The fraction of sp³-hybridized carbons (Fsp3) is 0.0588. The normalized spacial score (nSPS) is 17.1. The molecule has 0 spiro atoms. The van der Waals surface area contributed by atoms with Gasteiger partial charge in [0, 0.05) is 6.21 Å². The summed E-state index contributed by atoms with van der Waals surface area (Å²) < 4.78 is 19.1. The first-order chi connectivity index (χ1) is 11.2. The molecular formula is C17H10FN3O2. The van der Waals surface area contributed by atoms with Gasteiger partial charge in [-0.1, -0.05) is 35.5 Å². The number of amides is 1. The summed E-state index contributed by atoms with van der Waals surface area (Å²) in [4.78, 5) is 19.7. The predicted octanol–water partition coefficient (Wildman–Crippen LogP) is 3.28. The largest absolute Gasteiger partial charge is 0.334 e. The number of nitrogens with zero attached hydrogens (tertiary/aromatic N) is 3. The number of hydrogen-bond acceptors (Lipinski definition) is 4. The van der Waals surface area contributed by atoms with Crippen LogP contribution in [0.5, 0.6) is 0 Å². The fourth-order valence-corrected chi connectivity index (χ4v) is 2.56. The Morgan fingerprint density at radius 3 is 2.91 bits per heavy atom. The molecule has 0 saturated carbocycles. The standard InChI is InChI=1S/C17H10FN3O2/c18-11-8-10-4-1-2-5-12(10)14(9-11)17-20-15(21-23-17)13-6-3-7-19-16(13)22/h1-9,13H. The highest BCUT2D eigenvalue weighted by atomic mass is 19.1. The first kappa shape index (κ1) is 13.5. The molecule has 0 saturated heterocycles. The lowest BCUT2D eigenvalue weighted by Gasteiger charge is -2.05. The van der Waals surface area contributed by atoms with E-state index in [0.29, 0.717) is 5.56 Å². The molecule has 1 aromatic heterocycles. The summed E-state index contributed by atoms with van der Waals surface area (Å²) in [5.74, 6) is -1.03. The average molecular weight is 307 g/mol. The van der Waals surface area contributed by atoms with E-state index in [9.17, 15) is 9.18 Å². The highest BCUT2D eigenvalue weighted by Crippen LogP contribution is 2.30. The van der Waals surface area contributed by atoms with Crippen molar-refractivity contribution < 1.29 is 13.7 Å². The molecule has 0 N–H and O–H groups in total. The summed E-state index contributed by atoms with van der Waals surface area (Å²) in [6, 6.07) is 10.1. The molecule has 6 heteroatoms. The minimum absolute atomic E-state index is 0.173. The van der Waals surface area contributed by atoms with Crippen LogP contribution in [-0.4, -0.2) is 22.3 Å². The van der Waals surface area contributed by atoms with Crippen LogP contribution in [0.2, 0.25) is 0 Å². The molecule has 3 aromatic rings. The van der Waals surface area contributed by atoms with Crippen molar-refractivity contribution in [3.63, 3.8) is 0 Å². The zero-order valence-electron chi connectivity index (χ0n) is 11.8. The number of fused-ring (bicyclic) bond motifs is 1. The minimum Gasteiger partial charge on any atom is -0.334 e. The number of benzene rings is 2. The summed E-state index contributed by atoms with van der Waals surface area (Å²) in [5.41, 5.74) is 0.495. The van der Waals surface area contributed by atoms with Crippen LogP contribution in [0.1, 0.15) is 11.7 Å². The smallest absolute Gasteiger partial charge is 0.260 e. The number of dihydropyridines is 1. The van der Waals surface area contributed by atoms with Crippen molar-refractivity contribution >= 4 is 22.9 Å². The topological polar surface area (TPSA) is 68.3 Å². The molecule has 2 heterocycles.